The molecule has 0 aliphatic carbocycles. The van der Waals surface area contributed by atoms with Gasteiger partial charge >= 0.3 is 0 Å². The fraction of sp³-hybridized carbons (Fsp3) is 1.00. The van der Waals surface area contributed by atoms with E-state index in [1.54, 1.807) is 0 Å². The molecule has 6 heteroatoms. The van der Waals surface area contributed by atoms with E-state index in [0.717, 1.165) is 0 Å². The van der Waals surface area contributed by atoms with Crippen molar-refractivity contribution in [2.75, 3.05) is 12.4 Å². The molecule has 0 aliphatic heterocycles. The Bertz CT molecular complexity index is 176. The molecular weight excluding hydrogens is 163 g/mol. The molecule has 0 radical (unpaired) electrons. The highest BCUT2D eigenvalue weighted by atomic mass is 32.2. The number of rotatable bonds is 4. The molecule has 0 saturated carbocycles. The third kappa shape index (κ3) is 5.93. The molecule has 0 heterocycles. The molecule has 10 heavy (non-hydrogen) atoms. The quantitative estimate of drug-likeness (QED) is 0.565. The fourth-order valence-corrected chi connectivity index (χ4v) is 1.08. The summed E-state index contributed by atoms with van der Waals surface area (Å²) in [4.78, 5) is 0. The van der Waals surface area contributed by atoms with Gasteiger partial charge in [-0.1, -0.05) is 0 Å². The zero-order valence-electron chi connectivity index (χ0n) is 5.20. The average Bonchev–Trinajstić information content (AvgIpc) is 1.59. The third-order valence-corrected chi connectivity index (χ3v) is 1.62. The monoisotopic (exact) mass is 172 g/mol. The van der Waals surface area contributed by atoms with Crippen molar-refractivity contribution in [3.8, 4) is 0 Å². The van der Waals surface area contributed by atoms with Gasteiger partial charge in [0.15, 0.2) is 0 Å². The first-order chi connectivity index (χ1) is 4.45. The van der Waals surface area contributed by atoms with Crippen LogP contribution in [0, 0.1) is 0 Å². The molecule has 2 N–H and O–H groups in total. The zero-order valence-corrected chi connectivity index (χ0v) is 6.01. The molecule has 0 rings (SSSR count). The number of hydrogen-bond acceptors (Lipinski definition) is 3. The van der Waals surface area contributed by atoms with E-state index in [2.05, 4.69) is 0 Å². The van der Waals surface area contributed by atoms with Crippen LogP contribution in [0.1, 0.15) is 6.42 Å². The van der Waals surface area contributed by atoms with Crippen LogP contribution in [0.15, 0.2) is 0 Å². The second-order valence-corrected chi connectivity index (χ2v) is 3.36. The highest BCUT2D eigenvalue weighted by molar-refractivity contribution is 7.85. The number of aliphatic hydroxyl groups excluding tert-OH is 1. The summed E-state index contributed by atoms with van der Waals surface area (Å²) in [6, 6.07) is 0. The maximum absolute atomic E-state index is 12.2. The van der Waals surface area contributed by atoms with Gasteiger partial charge in [0, 0.05) is 13.0 Å². The number of hydrogen-bond donors (Lipinski definition) is 2. The molecule has 0 saturated heterocycles. The molecule has 0 aromatic carbocycles. The fourth-order valence-electron chi connectivity index (χ4n) is 0.452. The van der Waals surface area contributed by atoms with Crippen LogP contribution in [-0.2, 0) is 10.1 Å². The standard InChI is InChI=1S/C4H9FO4S/c5-4(1-2-6)3-10(7,8)9/h4,6H,1-3H2,(H,7,8,9). The Morgan fingerprint density at radius 3 is 2.30 bits per heavy atom. The van der Waals surface area contributed by atoms with Crippen molar-refractivity contribution in [2.24, 2.45) is 0 Å². The van der Waals surface area contributed by atoms with Gasteiger partial charge < -0.3 is 5.11 Å². The Kier molecular flexibility index (Phi) is 3.77. The highest BCUT2D eigenvalue weighted by Crippen LogP contribution is 1.99. The molecular formula is C4H9FO4S. The molecule has 0 aliphatic rings. The smallest absolute Gasteiger partial charge is 0.267 e. The number of halogens is 1. The Morgan fingerprint density at radius 1 is 1.50 bits per heavy atom. The van der Waals surface area contributed by atoms with Crippen molar-refractivity contribution in [1.29, 1.82) is 0 Å². The first-order valence-electron chi connectivity index (χ1n) is 2.66. The van der Waals surface area contributed by atoms with Crippen LogP contribution in [0.25, 0.3) is 0 Å². The van der Waals surface area contributed by atoms with Crippen LogP contribution in [0.4, 0.5) is 4.39 Å². The van der Waals surface area contributed by atoms with Crippen LogP contribution in [0.2, 0.25) is 0 Å². The Labute approximate surface area is 58.4 Å². The van der Waals surface area contributed by atoms with Crippen LogP contribution in [0.5, 0.6) is 0 Å². The maximum atomic E-state index is 12.2. The van der Waals surface area contributed by atoms with Gasteiger partial charge in [-0.15, -0.1) is 0 Å². The van der Waals surface area contributed by atoms with E-state index in [-0.39, 0.29) is 6.42 Å². The molecule has 0 fully saturated rings. The first kappa shape index (κ1) is 9.80. The Balaban J connectivity index is 3.69. The predicted molar refractivity (Wildman–Crippen MR) is 33.0 cm³/mol. The lowest BCUT2D eigenvalue weighted by Crippen LogP contribution is -2.17. The largest absolute Gasteiger partial charge is 0.396 e. The van der Waals surface area contributed by atoms with Gasteiger partial charge in [0.2, 0.25) is 0 Å². The summed E-state index contributed by atoms with van der Waals surface area (Å²) in [6.07, 6.45) is -1.94. The summed E-state index contributed by atoms with van der Waals surface area (Å²) in [5.74, 6) is -0.937. The topological polar surface area (TPSA) is 74.6 Å². The second kappa shape index (κ2) is 3.85. The molecule has 1 unspecified atom stereocenters. The molecule has 0 spiro atoms. The van der Waals surface area contributed by atoms with Crippen molar-refractivity contribution in [3.05, 3.63) is 0 Å². The SMILES string of the molecule is O=S(=O)(O)CC(F)CCO. The van der Waals surface area contributed by atoms with E-state index in [4.69, 9.17) is 9.66 Å². The van der Waals surface area contributed by atoms with E-state index >= 15 is 0 Å². The van der Waals surface area contributed by atoms with Gasteiger partial charge in [0.25, 0.3) is 10.1 Å². The summed E-state index contributed by atoms with van der Waals surface area (Å²) < 4.78 is 40.2. The number of alkyl halides is 1. The lowest BCUT2D eigenvalue weighted by molar-refractivity contribution is 0.230. The van der Waals surface area contributed by atoms with E-state index in [1.807, 2.05) is 0 Å². The molecule has 1 atom stereocenters. The van der Waals surface area contributed by atoms with Crippen LogP contribution < -0.4 is 0 Å². The maximum Gasteiger partial charge on any atom is 0.267 e. The molecule has 0 bridgehead atoms. The third-order valence-electron chi connectivity index (χ3n) is 0.834. The van der Waals surface area contributed by atoms with E-state index in [9.17, 15) is 12.8 Å². The van der Waals surface area contributed by atoms with Crippen molar-refractivity contribution < 1.29 is 22.5 Å². The van der Waals surface area contributed by atoms with Gasteiger partial charge in [-0.3, -0.25) is 4.55 Å². The predicted octanol–water partition coefficient (Wildman–Crippen LogP) is -0.405. The van der Waals surface area contributed by atoms with Crippen LogP contribution in [-0.4, -0.2) is 36.6 Å². The molecule has 4 nitrogen and oxygen atoms in total. The molecule has 0 aromatic heterocycles. The van der Waals surface area contributed by atoms with Crippen molar-refractivity contribution in [3.63, 3.8) is 0 Å². The van der Waals surface area contributed by atoms with Gasteiger partial charge in [-0.05, 0) is 0 Å². The van der Waals surface area contributed by atoms with Gasteiger partial charge in [-0.25, -0.2) is 4.39 Å². The zero-order chi connectivity index (χ0) is 8.20. The van der Waals surface area contributed by atoms with Crippen LogP contribution >= 0.6 is 0 Å². The van der Waals surface area contributed by atoms with Crippen molar-refractivity contribution in [1.82, 2.24) is 0 Å². The second-order valence-electron chi connectivity index (χ2n) is 1.86. The first-order valence-corrected chi connectivity index (χ1v) is 4.26. The number of aliphatic hydroxyl groups is 1. The Morgan fingerprint density at radius 2 is 2.00 bits per heavy atom. The molecule has 0 aromatic rings. The molecule has 62 valence electrons. The highest BCUT2D eigenvalue weighted by Gasteiger charge is 2.14. The van der Waals surface area contributed by atoms with Crippen molar-refractivity contribution in [2.45, 2.75) is 12.6 Å². The lowest BCUT2D eigenvalue weighted by atomic mass is 10.3. The summed E-state index contributed by atoms with van der Waals surface area (Å²) in [6.45, 7) is -0.420. The van der Waals surface area contributed by atoms with Crippen LogP contribution in [0.3, 0.4) is 0 Å². The van der Waals surface area contributed by atoms with Gasteiger partial charge in [0.1, 0.15) is 11.9 Å². The lowest BCUT2D eigenvalue weighted by Gasteiger charge is -2.01. The normalized spacial score (nSPS) is 15.1. The summed E-state index contributed by atoms with van der Waals surface area (Å²) >= 11 is 0. The molecule has 0 amide bonds. The van der Waals surface area contributed by atoms with Gasteiger partial charge in [0.05, 0.1) is 0 Å². The minimum absolute atomic E-state index is 0.264. The summed E-state index contributed by atoms with van der Waals surface area (Å²) in [5, 5.41) is 8.12. The van der Waals surface area contributed by atoms with E-state index < -0.39 is 28.6 Å². The summed E-state index contributed by atoms with van der Waals surface area (Å²) in [7, 11) is -4.23. The minimum atomic E-state index is -4.23. The van der Waals surface area contributed by atoms with E-state index in [1.165, 1.54) is 0 Å². The Hall–Kier alpha value is -0.200. The van der Waals surface area contributed by atoms with E-state index in [0.29, 0.717) is 0 Å². The van der Waals surface area contributed by atoms with Gasteiger partial charge in [-0.2, -0.15) is 8.42 Å². The minimum Gasteiger partial charge on any atom is -0.396 e. The summed E-state index contributed by atoms with van der Waals surface area (Å²) in [5.41, 5.74) is 0. The average molecular weight is 172 g/mol. The van der Waals surface area contributed by atoms with Crippen molar-refractivity contribution >= 4 is 10.1 Å².